The highest BCUT2D eigenvalue weighted by Crippen LogP contribution is 2.43. The number of nitrogens with zero attached hydrogens (tertiary/aromatic N) is 1. The van der Waals surface area contributed by atoms with Crippen LogP contribution in [0.15, 0.2) is 11.7 Å². The molecular weight excluding hydrogens is 222 g/mol. The molecule has 3 nitrogen and oxygen atoms in total. The molecule has 1 aromatic rings. The lowest BCUT2D eigenvalue weighted by Crippen LogP contribution is -2.33. The first-order chi connectivity index (χ1) is 7.32. The van der Waals surface area contributed by atoms with Gasteiger partial charge in [0.1, 0.15) is 0 Å². The lowest BCUT2D eigenvalue weighted by molar-refractivity contribution is -0.0712. The van der Waals surface area contributed by atoms with Crippen molar-refractivity contribution in [3.05, 3.63) is 16.6 Å². The van der Waals surface area contributed by atoms with Gasteiger partial charge in [-0.3, -0.25) is 9.78 Å². The summed E-state index contributed by atoms with van der Waals surface area (Å²) in [7, 11) is 0. The van der Waals surface area contributed by atoms with E-state index in [1.807, 2.05) is 27.7 Å². The van der Waals surface area contributed by atoms with Crippen molar-refractivity contribution < 1.29 is 9.53 Å². The molecule has 4 heteroatoms. The summed E-state index contributed by atoms with van der Waals surface area (Å²) >= 11 is 1.40. The van der Waals surface area contributed by atoms with Crippen LogP contribution in [0.3, 0.4) is 0 Å². The summed E-state index contributed by atoms with van der Waals surface area (Å²) < 4.78 is 5.93. The highest BCUT2D eigenvalue weighted by molar-refractivity contribution is 7.11. The maximum absolute atomic E-state index is 12.3. The number of thiazole rings is 1. The van der Waals surface area contributed by atoms with Gasteiger partial charge in [0.25, 0.3) is 0 Å². The van der Waals surface area contributed by atoms with E-state index in [0.717, 1.165) is 11.3 Å². The van der Waals surface area contributed by atoms with Gasteiger partial charge in [0, 0.05) is 6.20 Å². The summed E-state index contributed by atoms with van der Waals surface area (Å²) in [5.74, 6) is 0.0982. The summed E-state index contributed by atoms with van der Waals surface area (Å²) in [6, 6.07) is 0. The molecule has 88 valence electrons. The summed E-state index contributed by atoms with van der Waals surface area (Å²) in [5.41, 5.74) is 1.10. The van der Waals surface area contributed by atoms with Gasteiger partial charge in [-0.1, -0.05) is 0 Å². The first-order valence-corrected chi connectivity index (χ1v) is 6.33. The van der Waals surface area contributed by atoms with Crippen LogP contribution in [0.2, 0.25) is 0 Å². The van der Waals surface area contributed by atoms with E-state index >= 15 is 0 Å². The molecule has 1 aliphatic rings. The molecule has 0 amide bonds. The molecule has 0 bridgehead atoms. The minimum Gasteiger partial charge on any atom is -0.369 e. The second kappa shape index (κ2) is 3.64. The maximum atomic E-state index is 12.3. The van der Waals surface area contributed by atoms with Gasteiger partial charge in [-0.15, -0.1) is 11.3 Å². The van der Waals surface area contributed by atoms with Gasteiger partial charge < -0.3 is 4.74 Å². The third-order valence-corrected chi connectivity index (χ3v) is 3.85. The largest absolute Gasteiger partial charge is 0.369 e. The van der Waals surface area contributed by atoms with Crippen LogP contribution in [0.25, 0.3) is 0 Å². The lowest BCUT2D eigenvalue weighted by atomic mass is 9.84. The molecule has 1 atom stereocenters. The Morgan fingerprint density at radius 2 is 2.19 bits per heavy atom. The Morgan fingerprint density at radius 3 is 2.62 bits per heavy atom. The van der Waals surface area contributed by atoms with Gasteiger partial charge in [-0.05, 0) is 34.1 Å². The topological polar surface area (TPSA) is 39.2 Å². The number of Topliss-reactive ketones (excluding diaryl/α,β-unsaturated/α-hetero) is 1. The van der Waals surface area contributed by atoms with Gasteiger partial charge in [0.2, 0.25) is 0 Å². The van der Waals surface area contributed by atoms with Crippen molar-refractivity contribution in [1.29, 1.82) is 0 Å². The summed E-state index contributed by atoms with van der Waals surface area (Å²) in [4.78, 5) is 17.0. The Morgan fingerprint density at radius 1 is 1.50 bits per heavy atom. The van der Waals surface area contributed by atoms with Crippen LogP contribution >= 0.6 is 11.3 Å². The molecular formula is C12H17NO2S. The molecule has 1 aliphatic heterocycles. The quantitative estimate of drug-likeness (QED) is 0.745. The summed E-state index contributed by atoms with van der Waals surface area (Å²) in [6.07, 6.45) is 2.42. The maximum Gasteiger partial charge on any atom is 0.180 e. The minimum absolute atomic E-state index is 0.0667. The third-order valence-electron chi connectivity index (χ3n) is 3.07. The molecule has 1 aromatic heterocycles. The van der Waals surface area contributed by atoms with E-state index in [2.05, 4.69) is 4.98 Å². The predicted octanol–water partition coefficient (Wildman–Crippen LogP) is 2.92. The van der Waals surface area contributed by atoms with Crippen molar-refractivity contribution in [3.8, 4) is 0 Å². The molecule has 0 spiro atoms. The van der Waals surface area contributed by atoms with Gasteiger partial charge >= 0.3 is 0 Å². The number of carbonyl (C=O) groups is 1. The smallest absolute Gasteiger partial charge is 0.180 e. The Labute approximate surface area is 99.8 Å². The van der Waals surface area contributed by atoms with Crippen molar-refractivity contribution in [2.45, 2.75) is 45.3 Å². The van der Waals surface area contributed by atoms with Gasteiger partial charge in [-0.25, -0.2) is 0 Å². The molecule has 0 N–H and O–H groups in total. The zero-order valence-corrected chi connectivity index (χ0v) is 10.9. The molecule has 0 aromatic carbocycles. The molecule has 2 rings (SSSR count). The Hall–Kier alpha value is -0.740. The van der Waals surface area contributed by atoms with E-state index in [0.29, 0.717) is 0 Å². The molecule has 0 aliphatic carbocycles. The molecule has 2 heterocycles. The van der Waals surface area contributed by atoms with Gasteiger partial charge in [0.05, 0.1) is 27.5 Å². The fourth-order valence-corrected chi connectivity index (χ4v) is 3.10. The number of aromatic nitrogens is 1. The van der Waals surface area contributed by atoms with Crippen molar-refractivity contribution in [3.63, 3.8) is 0 Å². The van der Waals surface area contributed by atoms with Crippen molar-refractivity contribution in [2.75, 3.05) is 0 Å². The van der Waals surface area contributed by atoms with Gasteiger partial charge in [0.15, 0.2) is 5.78 Å². The summed E-state index contributed by atoms with van der Waals surface area (Å²) in [5, 5.41) is 0. The van der Waals surface area contributed by atoms with Crippen LogP contribution in [0.1, 0.15) is 43.8 Å². The van der Waals surface area contributed by atoms with E-state index in [1.165, 1.54) is 11.3 Å². The zero-order valence-electron chi connectivity index (χ0n) is 10.1. The molecule has 16 heavy (non-hydrogen) atoms. The van der Waals surface area contributed by atoms with Crippen LogP contribution in [0.4, 0.5) is 0 Å². The first-order valence-electron chi connectivity index (χ1n) is 5.45. The number of ketones is 1. The number of rotatable bonds is 2. The highest BCUT2D eigenvalue weighted by atomic mass is 32.1. The first kappa shape index (κ1) is 11.7. The number of ether oxygens (including phenoxy) is 1. The van der Waals surface area contributed by atoms with Crippen LogP contribution in [0.5, 0.6) is 0 Å². The monoisotopic (exact) mass is 239 g/mol. The average molecular weight is 239 g/mol. The van der Waals surface area contributed by atoms with Crippen molar-refractivity contribution >= 4 is 17.1 Å². The van der Waals surface area contributed by atoms with Gasteiger partial charge in [-0.2, -0.15) is 0 Å². The number of hydrogen-bond donors (Lipinski definition) is 0. The Balaban J connectivity index is 2.25. The highest BCUT2D eigenvalue weighted by Gasteiger charge is 2.49. The van der Waals surface area contributed by atoms with Crippen LogP contribution < -0.4 is 0 Å². The normalized spacial score (nSPS) is 26.9. The zero-order chi connectivity index (χ0) is 12.0. The minimum atomic E-state index is -0.384. The van der Waals surface area contributed by atoms with Crippen molar-refractivity contribution in [2.24, 2.45) is 5.92 Å². The lowest BCUT2D eigenvalue weighted by Gasteiger charge is -2.26. The van der Waals surface area contributed by atoms with Crippen LogP contribution in [-0.4, -0.2) is 22.0 Å². The van der Waals surface area contributed by atoms with E-state index < -0.39 is 0 Å². The second-order valence-corrected chi connectivity index (χ2v) is 6.34. The van der Waals surface area contributed by atoms with E-state index in [9.17, 15) is 4.79 Å². The Bertz CT molecular complexity index is 395. The Kier molecular flexibility index (Phi) is 2.67. The van der Waals surface area contributed by atoms with E-state index in [4.69, 9.17) is 4.74 Å². The predicted molar refractivity (Wildman–Crippen MR) is 63.8 cm³/mol. The second-order valence-electron chi connectivity index (χ2n) is 5.45. The van der Waals surface area contributed by atoms with Crippen LogP contribution in [-0.2, 0) is 4.74 Å². The SMILES string of the molecule is CC1(C)CC(C(=O)c2cncs2)C(C)(C)O1. The fraction of sp³-hybridized carbons (Fsp3) is 0.667. The van der Waals surface area contributed by atoms with E-state index in [-0.39, 0.29) is 22.9 Å². The van der Waals surface area contributed by atoms with Crippen LogP contribution in [0, 0.1) is 5.92 Å². The molecule has 1 saturated heterocycles. The van der Waals surface area contributed by atoms with Crippen molar-refractivity contribution in [1.82, 2.24) is 4.98 Å². The fourth-order valence-electron chi connectivity index (χ4n) is 2.48. The average Bonchev–Trinajstić information content (AvgIpc) is 2.69. The number of hydrogen-bond acceptors (Lipinski definition) is 4. The molecule has 1 fully saturated rings. The number of carbonyl (C=O) groups excluding carboxylic acids is 1. The standard InChI is InChI=1S/C12H17NO2S/c1-11(2)5-8(12(3,4)15-11)10(14)9-6-13-7-16-9/h6-8H,5H2,1-4H3. The molecule has 1 unspecified atom stereocenters. The van der Waals surface area contributed by atoms with E-state index in [1.54, 1.807) is 11.7 Å². The molecule has 0 saturated carbocycles. The third kappa shape index (κ3) is 2.04. The summed E-state index contributed by atoms with van der Waals surface area (Å²) in [6.45, 7) is 8.06. The molecule has 0 radical (unpaired) electrons.